The van der Waals surface area contributed by atoms with Crippen LogP contribution in [0.25, 0.3) is 10.2 Å². The maximum atomic E-state index is 12.8. The molecule has 0 saturated heterocycles. The Balaban J connectivity index is 2.00. The second-order valence-electron chi connectivity index (χ2n) is 5.80. The molecule has 0 fully saturated rings. The van der Waals surface area contributed by atoms with Gasteiger partial charge in [-0.1, -0.05) is 30.4 Å². The number of nitrogens with zero attached hydrogens (tertiary/aromatic N) is 1. The third-order valence-electron chi connectivity index (χ3n) is 3.95. The van der Waals surface area contributed by atoms with Crippen LogP contribution in [0.3, 0.4) is 0 Å². The van der Waals surface area contributed by atoms with Gasteiger partial charge in [0.1, 0.15) is 4.90 Å². The van der Waals surface area contributed by atoms with Crippen molar-refractivity contribution in [2.24, 2.45) is 0 Å². The molecule has 142 valence electrons. The van der Waals surface area contributed by atoms with E-state index in [1.807, 2.05) is 6.92 Å². The number of hydrogen-bond acceptors (Lipinski definition) is 6. The molecule has 1 N–H and O–H groups in total. The number of carbonyl (C=O) groups is 1. The van der Waals surface area contributed by atoms with Crippen molar-refractivity contribution in [2.45, 2.75) is 24.8 Å². The predicted molar refractivity (Wildman–Crippen MR) is 105 cm³/mol. The number of anilines is 1. The van der Waals surface area contributed by atoms with Gasteiger partial charge in [0.2, 0.25) is 0 Å². The van der Waals surface area contributed by atoms with Crippen molar-refractivity contribution in [3.63, 3.8) is 0 Å². The summed E-state index contributed by atoms with van der Waals surface area (Å²) in [5.41, 5.74) is 1.03. The fraction of sp³-hybridized carbons (Fsp3) is 0.222. The van der Waals surface area contributed by atoms with Crippen LogP contribution in [-0.2, 0) is 21.3 Å². The lowest BCUT2D eigenvalue weighted by molar-refractivity contribution is 0.0596. The number of aryl methyl sites for hydroxylation is 1. The second kappa shape index (κ2) is 7.53. The van der Waals surface area contributed by atoms with Crippen LogP contribution in [0, 0.1) is 0 Å². The molecule has 3 aromatic rings. The third kappa shape index (κ3) is 3.74. The first-order valence-electron chi connectivity index (χ1n) is 8.21. The molecule has 0 aliphatic rings. The number of esters is 1. The fourth-order valence-corrected chi connectivity index (χ4v) is 4.96. The molecule has 3 rings (SSSR count). The van der Waals surface area contributed by atoms with Crippen molar-refractivity contribution < 1.29 is 17.9 Å². The zero-order valence-corrected chi connectivity index (χ0v) is 16.4. The molecular weight excluding hydrogens is 388 g/mol. The Labute approximate surface area is 160 Å². The molecule has 9 heteroatoms. The van der Waals surface area contributed by atoms with E-state index in [1.165, 1.54) is 25.3 Å². The van der Waals surface area contributed by atoms with Gasteiger partial charge in [0.25, 0.3) is 10.0 Å². The number of sulfonamides is 1. The van der Waals surface area contributed by atoms with Crippen LogP contribution in [-0.4, -0.2) is 26.1 Å². The van der Waals surface area contributed by atoms with Crippen molar-refractivity contribution in [3.05, 3.63) is 57.7 Å². The van der Waals surface area contributed by atoms with Crippen LogP contribution in [0.4, 0.5) is 5.69 Å². The standard InChI is InChI=1S/C18H18N2O5S2/c1-3-10-20-14-9-8-12(11-15(14)26-18(20)22)19-27(23,24)16-7-5-4-6-13(16)17(21)25-2/h4-9,11,19H,3,10H2,1-2H3. The smallest absolute Gasteiger partial charge is 0.339 e. The minimum atomic E-state index is -4.01. The lowest BCUT2D eigenvalue weighted by Crippen LogP contribution is -2.17. The molecule has 7 nitrogen and oxygen atoms in total. The van der Waals surface area contributed by atoms with E-state index in [9.17, 15) is 18.0 Å². The number of methoxy groups -OCH3 is 1. The summed E-state index contributed by atoms with van der Waals surface area (Å²) in [7, 11) is -2.82. The summed E-state index contributed by atoms with van der Waals surface area (Å²) in [5, 5.41) is 0. The maximum absolute atomic E-state index is 12.8. The highest BCUT2D eigenvalue weighted by Crippen LogP contribution is 2.25. The molecule has 0 saturated carbocycles. The maximum Gasteiger partial charge on any atom is 0.339 e. The molecule has 0 amide bonds. The minimum absolute atomic E-state index is 0.0488. The average Bonchev–Trinajstić information content (AvgIpc) is 2.96. The summed E-state index contributed by atoms with van der Waals surface area (Å²) >= 11 is 1.06. The van der Waals surface area contributed by atoms with Crippen molar-refractivity contribution >= 4 is 43.2 Å². The predicted octanol–water partition coefficient (Wildman–Crippen LogP) is 3.06. The first kappa shape index (κ1) is 19.1. The van der Waals surface area contributed by atoms with E-state index in [4.69, 9.17) is 0 Å². The Kier molecular flexibility index (Phi) is 5.33. The molecule has 0 unspecified atom stereocenters. The van der Waals surface area contributed by atoms with E-state index < -0.39 is 16.0 Å². The second-order valence-corrected chi connectivity index (χ2v) is 8.44. The number of thiazole rings is 1. The van der Waals surface area contributed by atoms with Crippen LogP contribution >= 0.6 is 11.3 Å². The van der Waals surface area contributed by atoms with Crippen molar-refractivity contribution in [2.75, 3.05) is 11.8 Å². The fourth-order valence-electron chi connectivity index (χ4n) is 2.75. The number of carbonyl (C=O) groups excluding carboxylic acids is 1. The van der Waals surface area contributed by atoms with Crippen LogP contribution in [0.1, 0.15) is 23.7 Å². The van der Waals surface area contributed by atoms with Gasteiger partial charge in [0, 0.05) is 6.54 Å². The average molecular weight is 406 g/mol. The van der Waals surface area contributed by atoms with E-state index in [0.29, 0.717) is 16.9 Å². The molecule has 27 heavy (non-hydrogen) atoms. The van der Waals surface area contributed by atoms with Gasteiger partial charge in [-0.2, -0.15) is 0 Å². The molecule has 0 aliphatic carbocycles. The summed E-state index contributed by atoms with van der Waals surface area (Å²) in [6.45, 7) is 2.59. The lowest BCUT2D eigenvalue weighted by atomic mass is 10.2. The Hall–Kier alpha value is -2.65. The van der Waals surface area contributed by atoms with Gasteiger partial charge in [0.15, 0.2) is 0 Å². The van der Waals surface area contributed by atoms with Gasteiger partial charge < -0.3 is 4.74 Å². The number of rotatable bonds is 6. The molecule has 0 bridgehead atoms. The van der Waals surface area contributed by atoms with E-state index in [0.717, 1.165) is 23.3 Å². The molecule has 0 spiro atoms. The summed E-state index contributed by atoms with van der Waals surface area (Å²) in [6, 6.07) is 10.7. The van der Waals surface area contributed by atoms with Gasteiger partial charge in [-0.3, -0.25) is 14.1 Å². The van der Waals surface area contributed by atoms with Crippen LogP contribution in [0.5, 0.6) is 0 Å². The largest absolute Gasteiger partial charge is 0.465 e. The van der Waals surface area contributed by atoms with E-state index in [-0.39, 0.29) is 15.3 Å². The lowest BCUT2D eigenvalue weighted by Gasteiger charge is -2.11. The highest BCUT2D eigenvalue weighted by atomic mass is 32.2. The summed E-state index contributed by atoms with van der Waals surface area (Å²) in [4.78, 5) is 23.7. The number of benzene rings is 2. The minimum Gasteiger partial charge on any atom is -0.465 e. The normalized spacial score (nSPS) is 11.5. The summed E-state index contributed by atoms with van der Waals surface area (Å²) in [5.74, 6) is -0.735. The van der Waals surface area contributed by atoms with Crippen molar-refractivity contribution in [1.82, 2.24) is 4.57 Å². The molecular formula is C18H18N2O5S2. The van der Waals surface area contributed by atoms with Crippen molar-refractivity contribution in [3.8, 4) is 0 Å². The number of ether oxygens (including phenoxy) is 1. The summed E-state index contributed by atoms with van der Waals surface area (Å²) in [6.07, 6.45) is 0.824. The monoisotopic (exact) mass is 406 g/mol. The summed E-state index contributed by atoms with van der Waals surface area (Å²) < 4.78 is 35.0. The highest BCUT2D eigenvalue weighted by Gasteiger charge is 2.23. The first-order valence-corrected chi connectivity index (χ1v) is 10.5. The van der Waals surface area contributed by atoms with Crippen molar-refractivity contribution in [1.29, 1.82) is 0 Å². The van der Waals surface area contributed by atoms with Gasteiger partial charge in [0.05, 0.1) is 28.6 Å². The van der Waals surface area contributed by atoms with Crippen LogP contribution in [0.15, 0.2) is 52.2 Å². The Morgan fingerprint density at radius 1 is 1.22 bits per heavy atom. The van der Waals surface area contributed by atoms with Crippen LogP contribution in [0.2, 0.25) is 0 Å². The topological polar surface area (TPSA) is 94.5 Å². The SMILES string of the molecule is CCCn1c(=O)sc2cc(NS(=O)(=O)c3ccccc3C(=O)OC)ccc21. The first-order chi connectivity index (χ1) is 12.9. The molecule has 1 heterocycles. The number of fused-ring (bicyclic) bond motifs is 1. The molecule has 2 aromatic carbocycles. The Bertz CT molecular complexity index is 1160. The molecule has 0 radical (unpaired) electrons. The van der Waals surface area contributed by atoms with Gasteiger partial charge in [-0.15, -0.1) is 0 Å². The zero-order valence-electron chi connectivity index (χ0n) is 14.8. The Morgan fingerprint density at radius 3 is 2.67 bits per heavy atom. The third-order valence-corrected chi connectivity index (χ3v) is 6.33. The molecule has 0 atom stereocenters. The van der Waals surface area contributed by atoms with Crippen LogP contribution < -0.4 is 9.60 Å². The molecule has 1 aromatic heterocycles. The molecule has 0 aliphatic heterocycles. The number of aromatic nitrogens is 1. The number of nitrogens with one attached hydrogen (secondary N) is 1. The van der Waals surface area contributed by atoms with Gasteiger partial charge in [-0.05, 0) is 36.8 Å². The van der Waals surface area contributed by atoms with Gasteiger partial charge >= 0.3 is 10.8 Å². The van der Waals surface area contributed by atoms with E-state index >= 15 is 0 Å². The van der Waals surface area contributed by atoms with Gasteiger partial charge in [-0.25, -0.2) is 13.2 Å². The quantitative estimate of drug-likeness (QED) is 0.635. The highest BCUT2D eigenvalue weighted by molar-refractivity contribution is 7.92. The number of hydrogen-bond donors (Lipinski definition) is 1. The van der Waals surface area contributed by atoms with E-state index in [1.54, 1.807) is 28.8 Å². The Morgan fingerprint density at radius 2 is 1.96 bits per heavy atom. The van der Waals surface area contributed by atoms with E-state index in [2.05, 4.69) is 9.46 Å². The zero-order chi connectivity index (χ0) is 19.6.